The molecule has 0 saturated heterocycles. The highest BCUT2D eigenvalue weighted by molar-refractivity contribution is 9.09. The summed E-state index contributed by atoms with van der Waals surface area (Å²) in [5, 5.41) is -0.542. The first-order valence-corrected chi connectivity index (χ1v) is 5.87. The van der Waals surface area contributed by atoms with Crippen molar-refractivity contribution in [3.8, 4) is 5.75 Å². The molecular weight excluding hydrogens is 288 g/mol. The van der Waals surface area contributed by atoms with Gasteiger partial charge in [-0.15, -0.1) is 0 Å². The second-order valence-electron chi connectivity index (χ2n) is 3.37. The summed E-state index contributed by atoms with van der Waals surface area (Å²) in [7, 11) is 3.05. The van der Waals surface area contributed by atoms with E-state index >= 15 is 0 Å². The van der Waals surface area contributed by atoms with Gasteiger partial charge in [0.15, 0.2) is 5.76 Å². The molecule has 0 aromatic heterocycles. The van der Waals surface area contributed by atoms with Crippen molar-refractivity contribution in [2.24, 2.45) is 0 Å². The molecule has 0 fully saturated rings. The first-order chi connectivity index (χ1) is 8.19. The summed E-state index contributed by atoms with van der Waals surface area (Å²) in [6.07, 6.45) is 0. The van der Waals surface area contributed by atoms with Gasteiger partial charge >= 0.3 is 5.97 Å². The van der Waals surface area contributed by atoms with E-state index in [1.807, 2.05) is 12.1 Å². The molecule has 1 aliphatic rings. The van der Waals surface area contributed by atoms with Crippen LogP contribution in [0.4, 0.5) is 0 Å². The van der Waals surface area contributed by atoms with Gasteiger partial charge in [0, 0.05) is 5.56 Å². The summed E-state index contributed by atoms with van der Waals surface area (Å²) in [5.41, 5.74) is 1.06. The fourth-order valence-corrected chi connectivity index (χ4v) is 2.29. The van der Waals surface area contributed by atoms with Crippen molar-refractivity contribution in [1.82, 2.24) is 0 Å². The van der Waals surface area contributed by atoms with Gasteiger partial charge in [0.25, 0.3) is 0 Å². The summed E-state index contributed by atoms with van der Waals surface area (Å²) in [6, 6.07) is 7.23. The fraction of sp³-hybridized carbons (Fsp3) is 0.250. The van der Waals surface area contributed by atoms with Gasteiger partial charge in [-0.05, 0) is 22.0 Å². The van der Waals surface area contributed by atoms with Gasteiger partial charge < -0.3 is 14.2 Å². The van der Waals surface area contributed by atoms with E-state index < -0.39 is 11.0 Å². The van der Waals surface area contributed by atoms with Crippen LogP contribution in [0.1, 0.15) is 5.56 Å². The van der Waals surface area contributed by atoms with E-state index in [0.29, 0.717) is 22.6 Å². The van der Waals surface area contributed by atoms with Crippen LogP contribution in [0.15, 0.2) is 30.0 Å². The average Bonchev–Trinajstić information content (AvgIpc) is 2.63. The molecule has 17 heavy (non-hydrogen) atoms. The van der Waals surface area contributed by atoms with E-state index in [0.717, 1.165) is 0 Å². The summed E-state index contributed by atoms with van der Waals surface area (Å²) < 4.78 is 15.5. The van der Waals surface area contributed by atoms with Crippen LogP contribution in [0.3, 0.4) is 0 Å². The third-order valence-corrected chi connectivity index (χ3v) is 3.07. The molecule has 5 heteroatoms. The molecule has 1 heterocycles. The number of carbonyl (C=O) groups is 1. The number of esters is 1. The van der Waals surface area contributed by atoms with Gasteiger partial charge in [-0.1, -0.05) is 18.2 Å². The number of rotatable bonds is 3. The molecule has 0 N–H and O–H groups in total. The topological polar surface area (TPSA) is 44.8 Å². The maximum atomic E-state index is 11.8. The monoisotopic (exact) mass is 298 g/mol. The number of ether oxygens (including phenoxy) is 3. The van der Waals surface area contributed by atoms with Gasteiger partial charge in [-0.25, -0.2) is 4.79 Å². The van der Waals surface area contributed by atoms with Crippen molar-refractivity contribution < 1.29 is 19.0 Å². The predicted molar refractivity (Wildman–Crippen MR) is 65.7 cm³/mol. The third kappa shape index (κ3) is 2.02. The van der Waals surface area contributed by atoms with Crippen LogP contribution in [0.2, 0.25) is 0 Å². The first kappa shape index (κ1) is 12.0. The predicted octanol–water partition coefficient (Wildman–Crippen LogP) is 2.33. The highest BCUT2D eigenvalue weighted by Crippen LogP contribution is 2.37. The lowest BCUT2D eigenvalue weighted by Gasteiger charge is -2.08. The minimum atomic E-state index is -0.542. The fourth-order valence-electron chi connectivity index (χ4n) is 1.71. The maximum Gasteiger partial charge on any atom is 0.344 e. The molecular formula is C12H11BrO4. The quantitative estimate of drug-likeness (QED) is 0.635. The second kappa shape index (κ2) is 4.79. The molecule has 1 aromatic carbocycles. The van der Waals surface area contributed by atoms with E-state index in [1.54, 1.807) is 19.2 Å². The number of hydrogen-bond acceptors (Lipinski definition) is 4. The van der Waals surface area contributed by atoms with E-state index in [9.17, 15) is 4.79 Å². The van der Waals surface area contributed by atoms with E-state index in [4.69, 9.17) is 14.2 Å². The molecule has 1 aliphatic heterocycles. The highest BCUT2D eigenvalue weighted by Gasteiger charge is 2.35. The van der Waals surface area contributed by atoms with E-state index in [1.165, 1.54) is 7.11 Å². The molecule has 1 aromatic rings. The number of hydrogen-bond donors (Lipinski definition) is 0. The van der Waals surface area contributed by atoms with Crippen LogP contribution < -0.4 is 4.74 Å². The molecule has 0 spiro atoms. The van der Waals surface area contributed by atoms with Crippen molar-refractivity contribution >= 4 is 27.5 Å². The molecule has 2 rings (SSSR count). The Morgan fingerprint density at radius 2 is 1.94 bits per heavy atom. The Balaban J connectivity index is 2.58. The number of carbonyl (C=O) groups excluding carboxylic acids is 1. The zero-order valence-electron chi connectivity index (χ0n) is 9.40. The van der Waals surface area contributed by atoms with Crippen molar-refractivity contribution in [3.63, 3.8) is 0 Å². The Hall–Kier alpha value is -1.49. The number of methoxy groups -OCH3 is 2. The van der Waals surface area contributed by atoms with E-state index in [2.05, 4.69) is 15.9 Å². The lowest BCUT2D eigenvalue weighted by molar-refractivity contribution is -0.135. The minimum absolute atomic E-state index is 0.395. The molecule has 0 amide bonds. The molecule has 0 bridgehead atoms. The van der Waals surface area contributed by atoms with Crippen LogP contribution in [0, 0.1) is 0 Å². The third-order valence-electron chi connectivity index (χ3n) is 2.46. The van der Waals surface area contributed by atoms with Crippen LogP contribution in [0.5, 0.6) is 5.75 Å². The van der Waals surface area contributed by atoms with Gasteiger partial charge in [0.05, 0.1) is 14.2 Å². The number of cyclic esters (lactones) is 1. The van der Waals surface area contributed by atoms with Crippen LogP contribution in [-0.4, -0.2) is 25.2 Å². The Bertz CT molecular complexity index is 481. The zero-order chi connectivity index (χ0) is 12.4. The van der Waals surface area contributed by atoms with Gasteiger partial charge in [0.1, 0.15) is 11.3 Å². The van der Waals surface area contributed by atoms with Gasteiger partial charge in [-0.2, -0.15) is 0 Å². The van der Waals surface area contributed by atoms with Crippen molar-refractivity contribution in [2.45, 2.75) is 5.01 Å². The lowest BCUT2D eigenvalue weighted by Crippen LogP contribution is -2.03. The van der Waals surface area contributed by atoms with Crippen LogP contribution in [-0.2, 0) is 14.3 Å². The van der Waals surface area contributed by atoms with Crippen molar-refractivity contribution in [3.05, 3.63) is 35.6 Å². The molecule has 4 nitrogen and oxygen atoms in total. The van der Waals surface area contributed by atoms with Crippen molar-refractivity contribution in [1.29, 1.82) is 0 Å². The molecule has 0 aliphatic carbocycles. The normalized spacial score (nSPS) is 19.2. The number of halogens is 1. The number of benzene rings is 1. The summed E-state index contributed by atoms with van der Waals surface area (Å²) in [5.74, 6) is 0.642. The molecule has 0 saturated carbocycles. The lowest BCUT2D eigenvalue weighted by atomic mass is 10.0. The van der Waals surface area contributed by atoms with Crippen LogP contribution in [0.25, 0.3) is 5.57 Å². The molecule has 0 radical (unpaired) electrons. The first-order valence-electron chi connectivity index (χ1n) is 4.95. The largest absolute Gasteiger partial charge is 0.496 e. The smallest absolute Gasteiger partial charge is 0.344 e. The standard InChI is InChI=1S/C12H11BrO4/c1-15-8-6-4-3-5-7(8)9-10(16-2)11(13)17-12(9)14/h3-6,11H,1-2H3. The average molecular weight is 299 g/mol. The summed E-state index contributed by atoms with van der Waals surface area (Å²) in [6.45, 7) is 0. The number of alkyl halides is 1. The van der Waals surface area contributed by atoms with Crippen molar-refractivity contribution in [2.75, 3.05) is 14.2 Å². The van der Waals surface area contributed by atoms with Crippen LogP contribution >= 0.6 is 15.9 Å². The van der Waals surface area contributed by atoms with Gasteiger partial charge in [0.2, 0.25) is 5.01 Å². The van der Waals surface area contributed by atoms with Gasteiger partial charge in [-0.3, -0.25) is 0 Å². The zero-order valence-corrected chi connectivity index (χ0v) is 11.0. The van der Waals surface area contributed by atoms with E-state index in [-0.39, 0.29) is 0 Å². The Kier molecular flexibility index (Phi) is 3.38. The Morgan fingerprint density at radius 1 is 1.24 bits per heavy atom. The highest BCUT2D eigenvalue weighted by atomic mass is 79.9. The minimum Gasteiger partial charge on any atom is -0.496 e. The summed E-state index contributed by atoms with van der Waals surface area (Å²) in [4.78, 5) is 11.8. The SMILES string of the molecule is COC1=C(c2ccccc2OC)C(=O)OC1Br. The number of para-hydroxylation sites is 1. The molecule has 1 unspecified atom stereocenters. The molecule has 1 atom stereocenters. The Labute approximate surface area is 107 Å². The summed E-state index contributed by atoms with van der Waals surface area (Å²) >= 11 is 3.22. The maximum absolute atomic E-state index is 11.8. The second-order valence-corrected chi connectivity index (χ2v) is 4.20. The molecule has 90 valence electrons. The Morgan fingerprint density at radius 3 is 2.59 bits per heavy atom.